The standard InChI is InChI=1S/C24H26F3N3O4/c1-5-14-11-17(32)30(12-13-7-9-15(10-8-13)28-16(31)6-2)29-22(14)18-19(25)21(27)24(34-4)23(33-3)20(18)26/h7-10,14H,5-6,11-12H2,1-4H3,(H,28,31). The molecule has 0 radical (unpaired) electrons. The SMILES string of the molecule is CCC(=O)Nc1ccc(CN2N=C(c3c(F)c(F)c(OC)c(OC)c3F)C(CC)CC2=O)cc1. The number of ether oxygens (including phenoxy) is 2. The first-order valence-corrected chi connectivity index (χ1v) is 10.8. The van der Waals surface area contributed by atoms with Crippen LogP contribution < -0.4 is 14.8 Å². The van der Waals surface area contributed by atoms with Gasteiger partial charge in [0.25, 0.3) is 0 Å². The van der Waals surface area contributed by atoms with Crippen LogP contribution >= 0.6 is 0 Å². The largest absolute Gasteiger partial charge is 0.490 e. The smallest absolute Gasteiger partial charge is 0.243 e. The monoisotopic (exact) mass is 477 g/mol. The molecule has 0 aromatic heterocycles. The van der Waals surface area contributed by atoms with Crippen LogP contribution in [0.25, 0.3) is 0 Å². The number of hydrogen-bond acceptors (Lipinski definition) is 5. The second-order valence-electron chi connectivity index (χ2n) is 7.73. The van der Waals surface area contributed by atoms with Crippen molar-refractivity contribution in [2.75, 3.05) is 19.5 Å². The highest BCUT2D eigenvalue weighted by atomic mass is 19.2. The third-order valence-corrected chi connectivity index (χ3v) is 5.61. The summed E-state index contributed by atoms with van der Waals surface area (Å²) in [7, 11) is 2.19. The van der Waals surface area contributed by atoms with E-state index in [1.165, 1.54) is 0 Å². The average Bonchev–Trinajstić information content (AvgIpc) is 2.83. The van der Waals surface area contributed by atoms with Crippen molar-refractivity contribution < 1.29 is 32.2 Å². The molecule has 0 spiro atoms. The summed E-state index contributed by atoms with van der Waals surface area (Å²) < 4.78 is 54.6. The zero-order valence-corrected chi connectivity index (χ0v) is 19.4. The van der Waals surface area contributed by atoms with E-state index in [4.69, 9.17) is 9.47 Å². The minimum atomic E-state index is -1.46. The highest BCUT2D eigenvalue weighted by Gasteiger charge is 2.36. The molecule has 34 heavy (non-hydrogen) atoms. The van der Waals surface area contributed by atoms with E-state index >= 15 is 4.39 Å². The second kappa shape index (κ2) is 10.6. The Hall–Kier alpha value is -3.56. The Balaban J connectivity index is 2.00. The van der Waals surface area contributed by atoms with Gasteiger partial charge >= 0.3 is 0 Å². The van der Waals surface area contributed by atoms with Gasteiger partial charge in [-0.2, -0.15) is 9.49 Å². The van der Waals surface area contributed by atoms with Gasteiger partial charge in [-0.3, -0.25) is 9.59 Å². The van der Waals surface area contributed by atoms with Crippen molar-refractivity contribution in [2.24, 2.45) is 11.0 Å². The van der Waals surface area contributed by atoms with Gasteiger partial charge < -0.3 is 14.8 Å². The van der Waals surface area contributed by atoms with Gasteiger partial charge in [0.15, 0.2) is 11.6 Å². The number of hydrazone groups is 1. The molecule has 1 atom stereocenters. The molecule has 182 valence electrons. The summed E-state index contributed by atoms with van der Waals surface area (Å²) in [4.78, 5) is 24.2. The van der Waals surface area contributed by atoms with E-state index in [0.717, 1.165) is 19.2 Å². The van der Waals surface area contributed by atoms with Crippen molar-refractivity contribution >= 4 is 23.2 Å². The number of hydrogen-bond donors (Lipinski definition) is 1. The third kappa shape index (κ3) is 4.85. The Bertz CT molecular complexity index is 1120. The van der Waals surface area contributed by atoms with Crippen LogP contribution in [0.1, 0.15) is 44.2 Å². The quantitative estimate of drug-likeness (QED) is 0.562. The second-order valence-corrected chi connectivity index (χ2v) is 7.73. The van der Waals surface area contributed by atoms with Gasteiger partial charge in [0.2, 0.25) is 29.1 Å². The molecule has 7 nitrogen and oxygen atoms in total. The molecule has 2 amide bonds. The van der Waals surface area contributed by atoms with E-state index in [9.17, 15) is 18.4 Å². The van der Waals surface area contributed by atoms with Crippen molar-refractivity contribution in [3.8, 4) is 11.5 Å². The third-order valence-electron chi connectivity index (χ3n) is 5.61. The molecule has 0 aliphatic carbocycles. The molecular formula is C24H26F3N3O4. The van der Waals surface area contributed by atoms with Gasteiger partial charge in [-0.25, -0.2) is 13.8 Å². The zero-order chi connectivity index (χ0) is 25.0. The molecule has 1 heterocycles. The minimum absolute atomic E-state index is 0.0276. The maximum Gasteiger partial charge on any atom is 0.243 e. The fraction of sp³-hybridized carbons (Fsp3) is 0.375. The molecule has 3 rings (SSSR count). The normalized spacial score (nSPS) is 15.7. The van der Waals surface area contributed by atoms with E-state index < -0.39 is 40.4 Å². The highest BCUT2D eigenvalue weighted by Crippen LogP contribution is 2.39. The summed E-state index contributed by atoms with van der Waals surface area (Å²) in [6, 6.07) is 6.77. The lowest BCUT2D eigenvalue weighted by molar-refractivity contribution is -0.133. The van der Waals surface area contributed by atoms with E-state index in [0.29, 0.717) is 24.1 Å². The number of halogens is 3. The first kappa shape index (κ1) is 25.1. The van der Waals surface area contributed by atoms with Gasteiger partial charge in [0.05, 0.1) is 32.0 Å². The van der Waals surface area contributed by atoms with Crippen molar-refractivity contribution in [1.82, 2.24) is 5.01 Å². The Labute approximate surface area is 195 Å². The number of methoxy groups -OCH3 is 2. The molecule has 1 N–H and O–H groups in total. The van der Waals surface area contributed by atoms with Crippen LogP contribution in [0, 0.1) is 23.4 Å². The minimum Gasteiger partial charge on any atom is -0.490 e. The van der Waals surface area contributed by atoms with E-state index in [1.807, 2.05) is 0 Å². The maximum atomic E-state index is 15.3. The van der Waals surface area contributed by atoms with Crippen LogP contribution in [-0.2, 0) is 16.1 Å². The topological polar surface area (TPSA) is 80.2 Å². The Morgan fingerprint density at radius 1 is 1.06 bits per heavy atom. The van der Waals surface area contributed by atoms with Crippen molar-refractivity contribution in [3.05, 3.63) is 52.8 Å². The van der Waals surface area contributed by atoms with Crippen LogP contribution in [0.5, 0.6) is 11.5 Å². The van der Waals surface area contributed by atoms with E-state index in [2.05, 4.69) is 10.4 Å². The lowest BCUT2D eigenvalue weighted by Gasteiger charge is -2.30. The van der Waals surface area contributed by atoms with Crippen molar-refractivity contribution in [1.29, 1.82) is 0 Å². The first-order chi connectivity index (χ1) is 16.2. The number of anilines is 1. The number of rotatable bonds is 8. The molecule has 0 bridgehead atoms. The van der Waals surface area contributed by atoms with E-state index in [-0.39, 0.29) is 30.5 Å². The highest BCUT2D eigenvalue weighted by molar-refractivity contribution is 6.06. The Morgan fingerprint density at radius 3 is 2.24 bits per heavy atom. The number of benzene rings is 2. The average molecular weight is 477 g/mol. The maximum absolute atomic E-state index is 15.3. The van der Waals surface area contributed by atoms with Gasteiger partial charge in [0.1, 0.15) is 0 Å². The summed E-state index contributed by atoms with van der Waals surface area (Å²) in [6.07, 6.45) is 0.651. The van der Waals surface area contributed by atoms with Gasteiger partial charge in [-0.15, -0.1) is 0 Å². The molecule has 0 saturated heterocycles. The summed E-state index contributed by atoms with van der Waals surface area (Å²) in [6.45, 7) is 3.51. The molecule has 2 aromatic rings. The van der Waals surface area contributed by atoms with Crippen LogP contribution in [0.2, 0.25) is 0 Å². The molecular weight excluding hydrogens is 451 g/mol. The summed E-state index contributed by atoms with van der Waals surface area (Å²) >= 11 is 0. The van der Waals surface area contributed by atoms with Crippen LogP contribution in [0.3, 0.4) is 0 Å². The summed E-state index contributed by atoms with van der Waals surface area (Å²) in [5.74, 6) is -6.36. The molecule has 1 aliphatic rings. The predicted octanol–water partition coefficient (Wildman–Crippen LogP) is 4.63. The van der Waals surface area contributed by atoms with Gasteiger partial charge in [-0.05, 0) is 24.1 Å². The Morgan fingerprint density at radius 2 is 1.68 bits per heavy atom. The molecule has 0 saturated carbocycles. The molecule has 2 aromatic carbocycles. The molecule has 1 aliphatic heterocycles. The number of carbonyl (C=O) groups excluding carboxylic acids is 2. The number of nitrogens with one attached hydrogen (secondary N) is 1. The van der Waals surface area contributed by atoms with Crippen LogP contribution in [0.4, 0.5) is 18.9 Å². The molecule has 10 heteroatoms. The lowest BCUT2D eigenvalue weighted by Crippen LogP contribution is -2.37. The summed E-state index contributed by atoms with van der Waals surface area (Å²) in [5.41, 5.74) is 0.516. The number of nitrogens with zero attached hydrogens (tertiary/aromatic N) is 2. The van der Waals surface area contributed by atoms with Crippen molar-refractivity contribution in [2.45, 2.75) is 39.7 Å². The fourth-order valence-electron chi connectivity index (χ4n) is 3.72. The predicted molar refractivity (Wildman–Crippen MR) is 120 cm³/mol. The summed E-state index contributed by atoms with van der Waals surface area (Å²) in [5, 5.41) is 8.07. The lowest BCUT2D eigenvalue weighted by atomic mass is 9.89. The zero-order valence-electron chi connectivity index (χ0n) is 19.4. The molecule has 1 unspecified atom stereocenters. The van der Waals surface area contributed by atoms with Crippen molar-refractivity contribution in [3.63, 3.8) is 0 Å². The first-order valence-electron chi connectivity index (χ1n) is 10.8. The Kier molecular flexibility index (Phi) is 7.80. The number of amides is 2. The number of carbonyl (C=O) groups is 2. The van der Waals surface area contributed by atoms with E-state index in [1.54, 1.807) is 38.1 Å². The fourth-order valence-corrected chi connectivity index (χ4v) is 3.72. The van der Waals surface area contributed by atoms with Gasteiger partial charge in [-0.1, -0.05) is 26.0 Å². The van der Waals surface area contributed by atoms with Gasteiger partial charge in [0, 0.05) is 24.4 Å². The molecule has 0 fully saturated rings. The van der Waals surface area contributed by atoms with Crippen LogP contribution in [-0.4, -0.2) is 36.8 Å². The van der Waals surface area contributed by atoms with Crippen LogP contribution in [0.15, 0.2) is 29.4 Å².